The Bertz CT molecular complexity index is 606. The highest BCUT2D eigenvalue weighted by atomic mass is 16.5. The Kier molecular flexibility index (Phi) is 4.40. The molecular weight excluding hydrogens is 250 g/mol. The number of aryl methyl sites for hydroxylation is 2. The molecule has 0 radical (unpaired) electrons. The van der Waals surface area contributed by atoms with E-state index in [0.29, 0.717) is 11.8 Å². The summed E-state index contributed by atoms with van der Waals surface area (Å²) in [5, 5.41) is 9.08. The number of hydrogen-bond acceptors (Lipinski definition) is 3. The fourth-order valence-corrected chi connectivity index (χ4v) is 2.28. The Labute approximate surface area is 120 Å². The summed E-state index contributed by atoms with van der Waals surface area (Å²) in [6.45, 7) is 8.38. The average Bonchev–Trinajstić information content (AvgIpc) is 2.40. The maximum Gasteiger partial charge on any atom is 0.222 e. The minimum Gasteiger partial charge on any atom is -0.439 e. The van der Waals surface area contributed by atoms with E-state index in [-0.39, 0.29) is 6.61 Å². The summed E-state index contributed by atoms with van der Waals surface area (Å²) >= 11 is 0. The molecule has 3 heteroatoms. The third-order valence-corrected chi connectivity index (χ3v) is 3.35. The smallest absolute Gasteiger partial charge is 0.222 e. The van der Waals surface area contributed by atoms with Gasteiger partial charge in [-0.2, -0.15) is 0 Å². The molecule has 0 amide bonds. The van der Waals surface area contributed by atoms with Gasteiger partial charge in [-0.3, -0.25) is 0 Å². The molecular formula is C17H21NO2. The molecule has 2 rings (SSSR count). The van der Waals surface area contributed by atoms with E-state index in [9.17, 15) is 0 Å². The van der Waals surface area contributed by atoms with Gasteiger partial charge >= 0.3 is 0 Å². The molecule has 0 saturated heterocycles. The van der Waals surface area contributed by atoms with E-state index in [1.807, 2.05) is 25.1 Å². The van der Waals surface area contributed by atoms with Gasteiger partial charge in [-0.05, 0) is 54.7 Å². The molecule has 0 aliphatic rings. The molecule has 0 fully saturated rings. The van der Waals surface area contributed by atoms with E-state index in [4.69, 9.17) is 9.84 Å². The van der Waals surface area contributed by atoms with Crippen molar-refractivity contribution in [1.29, 1.82) is 0 Å². The summed E-state index contributed by atoms with van der Waals surface area (Å²) in [7, 11) is 0. The van der Waals surface area contributed by atoms with Crippen molar-refractivity contribution in [3.8, 4) is 11.6 Å². The van der Waals surface area contributed by atoms with E-state index in [2.05, 4.69) is 31.8 Å². The van der Waals surface area contributed by atoms with Gasteiger partial charge in [0.1, 0.15) is 5.75 Å². The van der Waals surface area contributed by atoms with Crippen LogP contribution in [0.2, 0.25) is 0 Å². The predicted octanol–water partition coefficient (Wildman–Crippen LogP) is 4.11. The van der Waals surface area contributed by atoms with Crippen molar-refractivity contribution in [3.05, 3.63) is 52.7 Å². The van der Waals surface area contributed by atoms with Crippen LogP contribution in [-0.4, -0.2) is 10.1 Å². The van der Waals surface area contributed by atoms with Crippen LogP contribution in [0.4, 0.5) is 0 Å². The third kappa shape index (κ3) is 3.17. The summed E-state index contributed by atoms with van der Waals surface area (Å²) in [4.78, 5) is 4.25. The Morgan fingerprint density at radius 1 is 1.15 bits per heavy atom. The van der Waals surface area contributed by atoms with E-state index >= 15 is 0 Å². The quantitative estimate of drug-likeness (QED) is 0.910. The number of hydrogen-bond donors (Lipinski definition) is 1. The maximum atomic E-state index is 9.08. The van der Waals surface area contributed by atoms with Gasteiger partial charge in [0, 0.05) is 11.8 Å². The van der Waals surface area contributed by atoms with Crippen molar-refractivity contribution in [2.24, 2.45) is 0 Å². The summed E-state index contributed by atoms with van der Waals surface area (Å²) in [5.41, 5.74) is 4.27. The highest BCUT2D eigenvalue weighted by molar-refractivity contribution is 5.39. The lowest BCUT2D eigenvalue weighted by Crippen LogP contribution is -1.96. The Hall–Kier alpha value is -1.87. The molecule has 0 aliphatic carbocycles. The molecule has 1 heterocycles. The van der Waals surface area contributed by atoms with Crippen molar-refractivity contribution in [1.82, 2.24) is 4.98 Å². The fraction of sp³-hybridized carbons (Fsp3) is 0.353. The Morgan fingerprint density at radius 3 is 2.45 bits per heavy atom. The number of rotatable bonds is 4. The lowest BCUT2D eigenvalue weighted by atomic mass is 9.98. The summed E-state index contributed by atoms with van der Waals surface area (Å²) in [5.74, 6) is 1.88. The molecule has 1 aromatic carbocycles. The number of benzene rings is 1. The van der Waals surface area contributed by atoms with Gasteiger partial charge in [0.15, 0.2) is 0 Å². The third-order valence-electron chi connectivity index (χ3n) is 3.35. The van der Waals surface area contributed by atoms with Crippen LogP contribution < -0.4 is 4.74 Å². The number of aliphatic hydroxyl groups is 1. The minimum atomic E-state index is -0.00366. The fourth-order valence-electron chi connectivity index (χ4n) is 2.28. The number of ether oxygens (including phenoxy) is 1. The summed E-state index contributed by atoms with van der Waals surface area (Å²) < 4.78 is 5.83. The van der Waals surface area contributed by atoms with Crippen LogP contribution in [0, 0.1) is 13.8 Å². The van der Waals surface area contributed by atoms with Crippen LogP contribution >= 0.6 is 0 Å². The first kappa shape index (κ1) is 14.5. The first-order valence-electron chi connectivity index (χ1n) is 6.86. The van der Waals surface area contributed by atoms with Crippen LogP contribution in [0.15, 0.2) is 30.5 Å². The second kappa shape index (κ2) is 6.06. The Morgan fingerprint density at radius 2 is 1.90 bits per heavy atom. The van der Waals surface area contributed by atoms with Gasteiger partial charge in [-0.15, -0.1) is 0 Å². The second-order valence-corrected chi connectivity index (χ2v) is 5.40. The second-order valence-electron chi connectivity index (χ2n) is 5.40. The molecule has 2 aromatic rings. The SMILES string of the molecule is Cc1cc(Oc2ncc(CO)cc2C)ccc1C(C)C. The monoisotopic (exact) mass is 271 g/mol. The van der Waals surface area contributed by atoms with E-state index in [0.717, 1.165) is 16.9 Å². The molecule has 0 saturated carbocycles. The predicted molar refractivity (Wildman–Crippen MR) is 80.2 cm³/mol. The standard InChI is InChI=1S/C17H21NO2/c1-11(2)16-6-5-15(8-12(16)3)20-17-13(4)7-14(10-19)9-18-17/h5-9,11,19H,10H2,1-4H3. The molecule has 1 N–H and O–H groups in total. The molecule has 0 bridgehead atoms. The minimum absolute atomic E-state index is 0.00366. The highest BCUT2D eigenvalue weighted by Crippen LogP contribution is 2.27. The molecule has 3 nitrogen and oxygen atoms in total. The normalized spacial score (nSPS) is 10.9. The van der Waals surface area contributed by atoms with Crippen LogP contribution in [0.1, 0.15) is 42.0 Å². The van der Waals surface area contributed by atoms with Crippen LogP contribution in [0.3, 0.4) is 0 Å². The van der Waals surface area contributed by atoms with Gasteiger partial charge < -0.3 is 9.84 Å². The van der Waals surface area contributed by atoms with Gasteiger partial charge in [-0.25, -0.2) is 4.98 Å². The van der Waals surface area contributed by atoms with Gasteiger partial charge in [0.2, 0.25) is 5.88 Å². The van der Waals surface area contributed by atoms with Crippen molar-refractivity contribution in [2.45, 2.75) is 40.2 Å². The maximum absolute atomic E-state index is 9.08. The molecule has 0 aliphatic heterocycles. The van der Waals surface area contributed by atoms with E-state index in [1.165, 1.54) is 11.1 Å². The van der Waals surface area contributed by atoms with Crippen molar-refractivity contribution < 1.29 is 9.84 Å². The lowest BCUT2D eigenvalue weighted by molar-refractivity contribution is 0.281. The van der Waals surface area contributed by atoms with Crippen LogP contribution in [0.5, 0.6) is 11.6 Å². The van der Waals surface area contributed by atoms with Crippen molar-refractivity contribution in [2.75, 3.05) is 0 Å². The lowest BCUT2D eigenvalue weighted by Gasteiger charge is -2.13. The van der Waals surface area contributed by atoms with Gasteiger partial charge in [0.25, 0.3) is 0 Å². The zero-order valence-corrected chi connectivity index (χ0v) is 12.5. The molecule has 0 atom stereocenters. The van der Waals surface area contributed by atoms with Gasteiger partial charge in [-0.1, -0.05) is 19.9 Å². The number of aromatic nitrogens is 1. The largest absolute Gasteiger partial charge is 0.439 e. The molecule has 0 unspecified atom stereocenters. The van der Waals surface area contributed by atoms with Gasteiger partial charge in [0.05, 0.1) is 6.61 Å². The van der Waals surface area contributed by atoms with E-state index in [1.54, 1.807) is 6.20 Å². The average molecular weight is 271 g/mol. The first-order valence-corrected chi connectivity index (χ1v) is 6.86. The summed E-state index contributed by atoms with van der Waals surface area (Å²) in [6, 6.07) is 8.00. The number of nitrogens with zero attached hydrogens (tertiary/aromatic N) is 1. The van der Waals surface area contributed by atoms with Crippen molar-refractivity contribution >= 4 is 0 Å². The molecule has 106 valence electrons. The Balaban J connectivity index is 2.24. The van der Waals surface area contributed by atoms with Crippen LogP contribution in [-0.2, 0) is 6.61 Å². The first-order chi connectivity index (χ1) is 9.51. The van der Waals surface area contributed by atoms with Crippen LogP contribution in [0.25, 0.3) is 0 Å². The van der Waals surface area contributed by atoms with Crippen molar-refractivity contribution in [3.63, 3.8) is 0 Å². The zero-order valence-electron chi connectivity index (χ0n) is 12.5. The van der Waals surface area contributed by atoms with E-state index < -0.39 is 0 Å². The topological polar surface area (TPSA) is 42.4 Å². The molecule has 20 heavy (non-hydrogen) atoms. The molecule has 1 aromatic heterocycles. The number of aliphatic hydroxyl groups excluding tert-OH is 1. The molecule has 0 spiro atoms. The zero-order chi connectivity index (χ0) is 14.7. The summed E-state index contributed by atoms with van der Waals surface area (Å²) in [6.07, 6.45) is 1.64. The highest BCUT2D eigenvalue weighted by Gasteiger charge is 2.08. The number of pyridine rings is 1.